The maximum absolute atomic E-state index is 12.5. The number of amides is 2. The number of nitrogens with zero attached hydrogens (tertiary/aromatic N) is 1. The Hall–Kier alpha value is -2.23. The first-order chi connectivity index (χ1) is 12.8. The van der Waals surface area contributed by atoms with Crippen molar-refractivity contribution < 1.29 is 18.0 Å². The first-order valence-electron chi connectivity index (χ1n) is 8.01. The van der Waals surface area contributed by atoms with Crippen LogP contribution in [0.3, 0.4) is 0 Å². The number of rotatable bonds is 5. The van der Waals surface area contributed by atoms with E-state index in [1.165, 1.54) is 11.0 Å². The van der Waals surface area contributed by atoms with E-state index >= 15 is 0 Å². The normalized spacial score (nSPS) is 22.9. The van der Waals surface area contributed by atoms with Gasteiger partial charge in [-0.15, -0.1) is 0 Å². The van der Waals surface area contributed by atoms with Crippen LogP contribution in [0.2, 0.25) is 0 Å². The van der Waals surface area contributed by atoms with E-state index in [9.17, 15) is 18.0 Å². The van der Waals surface area contributed by atoms with E-state index in [1.54, 1.807) is 12.2 Å². The molecule has 1 aromatic carbocycles. The Morgan fingerprint density at radius 3 is 2.74 bits per heavy atom. The number of thiocarbonyl (C=S) groups is 1. The molecule has 2 aliphatic rings. The zero-order valence-corrected chi connectivity index (χ0v) is 16.5. The number of carbonyl (C=O) groups excluding carboxylic acids is 2. The summed E-state index contributed by atoms with van der Waals surface area (Å²) < 4.78 is 23.0. The van der Waals surface area contributed by atoms with Crippen LogP contribution in [0.5, 0.6) is 0 Å². The molecule has 2 heterocycles. The molecule has 9 heteroatoms. The Bertz CT molecular complexity index is 966. The molecule has 0 saturated carbocycles. The standard InChI is InChI=1S/C18H16N2O4S3/c21-16(19-14-9-10-27(23,24)12-14)11-20-17(22)15(26-18(20)25)8-4-7-13-5-2-1-3-6-13/h1-10,14H,11-12H2,(H,19,21)/b7-4+,15-8+/t14-/m0/s1. The van der Waals surface area contributed by atoms with Crippen molar-refractivity contribution in [3.63, 3.8) is 0 Å². The van der Waals surface area contributed by atoms with Gasteiger partial charge in [-0.05, 0) is 17.7 Å². The van der Waals surface area contributed by atoms with Gasteiger partial charge in [0.05, 0.1) is 16.7 Å². The summed E-state index contributed by atoms with van der Waals surface area (Å²) in [6, 6.07) is 9.06. The smallest absolute Gasteiger partial charge is 0.266 e. The van der Waals surface area contributed by atoms with E-state index in [2.05, 4.69) is 5.32 Å². The number of thioether (sulfide) groups is 1. The molecule has 1 atom stereocenters. The Labute approximate surface area is 166 Å². The summed E-state index contributed by atoms with van der Waals surface area (Å²) >= 11 is 6.32. The maximum atomic E-state index is 12.5. The summed E-state index contributed by atoms with van der Waals surface area (Å²) in [5, 5.41) is 3.66. The highest BCUT2D eigenvalue weighted by molar-refractivity contribution is 8.26. The van der Waals surface area contributed by atoms with Crippen molar-refractivity contribution in [1.29, 1.82) is 0 Å². The fourth-order valence-electron chi connectivity index (χ4n) is 2.52. The number of nitrogens with one attached hydrogen (secondary N) is 1. The van der Waals surface area contributed by atoms with Crippen molar-refractivity contribution in [2.24, 2.45) is 0 Å². The van der Waals surface area contributed by atoms with E-state index in [4.69, 9.17) is 12.2 Å². The van der Waals surface area contributed by atoms with E-state index in [-0.39, 0.29) is 18.2 Å². The molecule has 27 heavy (non-hydrogen) atoms. The maximum Gasteiger partial charge on any atom is 0.266 e. The zero-order valence-electron chi connectivity index (χ0n) is 14.1. The lowest BCUT2D eigenvalue weighted by molar-refractivity contribution is -0.128. The Kier molecular flexibility index (Phi) is 5.93. The molecular weight excluding hydrogens is 404 g/mol. The second-order valence-corrected chi connectivity index (χ2v) is 9.50. The molecule has 0 aliphatic carbocycles. The van der Waals surface area contributed by atoms with Crippen molar-refractivity contribution in [2.75, 3.05) is 12.3 Å². The summed E-state index contributed by atoms with van der Waals surface area (Å²) in [6.45, 7) is -0.241. The molecule has 140 valence electrons. The molecule has 1 fully saturated rings. The third-order valence-corrected chi connectivity index (χ3v) is 6.58. The topological polar surface area (TPSA) is 83.6 Å². The highest BCUT2D eigenvalue weighted by atomic mass is 32.2. The summed E-state index contributed by atoms with van der Waals surface area (Å²) in [7, 11) is -3.25. The largest absolute Gasteiger partial charge is 0.347 e. The number of carbonyl (C=O) groups is 2. The lowest BCUT2D eigenvalue weighted by atomic mass is 10.2. The molecule has 2 aliphatic heterocycles. The number of benzene rings is 1. The van der Waals surface area contributed by atoms with Crippen molar-refractivity contribution >= 4 is 56.0 Å². The molecule has 0 spiro atoms. The fraction of sp³-hybridized carbons (Fsp3) is 0.167. The van der Waals surface area contributed by atoms with Crippen LogP contribution in [0.1, 0.15) is 5.56 Å². The van der Waals surface area contributed by atoms with Crippen molar-refractivity contribution in [2.45, 2.75) is 6.04 Å². The van der Waals surface area contributed by atoms with Crippen LogP contribution in [0.15, 0.2) is 58.9 Å². The fourth-order valence-corrected chi connectivity index (χ4v) is 4.96. The number of sulfone groups is 1. The van der Waals surface area contributed by atoms with Gasteiger partial charge in [-0.1, -0.05) is 66.5 Å². The second-order valence-electron chi connectivity index (χ2n) is 5.89. The summed E-state index contributed by atoms with van der Waals surface area (Å²) in [5.74, 6) is -0.965. The third kappa shape index (κ3) is 5.15. The van der Waals surface area contributed by atoms with Crippen LogP contribution in [0.4, 0.5) is 0 Å². The van der Waals surface area contributed by atoms with Gasteiger partial charge in [0.25, 0.3) is 5.91 Å². The van der Waals surface area contributed by atoms with Gasteiger partial charge in [0.1, 0.15) is 10.9 Å². The molecule has 6 nitrogen and oxygen atoms in total. The molecule has 3 rings (SSSR count). The Balaban J connectivity index is 1.59. The van der Waals surface area contributed by atoms with Crippen molar-refractivity contribution in [3.8, 4) is 0 Å². The van der Waals surface area contributed by atoms with Crippen LogP contribution >= 0.6 is 24.0 Å². The first kappa shape index (κ1) is 19.5. The highest BCUT2D eigenvalue weighted by Crippen LogP contribution is 2.30. The number of hydrogen-bond donors (Lipinski definition) is 1. The molecule has 0 bridgehead atoms. The van der Waals surface area contributed by atoms with Crippen molar-refractivity contribution in [3.05, 3.63) is 64.4 Å². The van der Waals surface area contributed by atoms with Gasteiger partial charge in [0.2, 0.25) is 5.91 Å². The predicted molar refractivity (Wildman–Crippen MR) is 110 cm³/mol. The molecule has 0 unspecified atom stereocenters. The molecular formula is C18H16N2O4S3. The van der Waals surface area contributed by atoms with Gasteiger partial charge in [-0.3, -0.25) is 14.5 Å². The zero-order chi connectivity index (χ0) is 19.4. The van der Waals surface area contributed by atoms with Gasteiger partial charge in [0.15, 0.2) is 9.84 Å². The predicted octanol–water partition coefficient (Wildman–Crippen LogP) is 1.87. The summed E-state index contributed by atoms with van der Waals surface area (Å²) in [6.07, 6.45) is 6.71. The van der Waals surface area contributed by atoms with Gasteiger partial charge in [-0.25, -0.2) is 8.42 Å². The molecule has 0 radical (unpaired) electrons. The molecule has 1 aromatic rings. The minimum atomic E-state index is -3.25. The summed E-state index contributed by atoms with van der Waals surface area (Å²) in [5.41, 5.74) is 1.00. The monoisotopic (exact) mass is 420 g/mol. The average Bonchev–Trinajstić information content (AvgIpc) is 3.09. The molecule has 0 aromatic heterocycles. The molecule has 1 saturated heterocycles. The first-order valence-corrected chi connectivity index (χ1v) is 11.0. The minimum Gasteiger partial charge on any atom is -0.347 e. The van der Waals surface area contributed by atoms with E-state index < -0.39 is 21.8 Å². The van der Waals surface area contributed by atoms with Gasteiger partial charge >= 0.3 is 0 Å². The minimum absolute atomic E-state index is 0.165. The third-order valence-electron chi connectivity index (χ3n) is 3.79. The van der Waals surface area contributed by atoms with Gasteiger partial charge in [0, 0.05) is 5.41 Å². The number of allylic oxidation sites excluding steroid dienone is 2. The van der Waals surface area contributed by atoms with E-state index in [1.807, 2.05) is 36.4 Å². The SMILES string of the molecule is O=C(CN1C(=O)/C(=C\C=C\c2ccccc2)SC1=S)N[C@H]1C=CS(=O)(=O)C1. The van der Waals surface area contributed by atoms with Crippen LogP contribution in [-0.4, -0.2) is 47.8 Å². The van der Waals surface area contributed by atoms with E-state index in [0.29, 0.717) is 9.23 Å². The summed E-state index contributed by atoms with van der Waals surface area (Å²) in [4.78, 5) is 26.2. The quantitative estimate of drug-likeness (QED) is 0.578. The van der Waals surface area contributed by atoms with Crippen LogP contribution in [-0.2, 0) is 19.4 Å². The van der Waals surface area contributed by atoms with Crippen LogP contribution < -0.4 is 5.32 Å². The molecule has 2 amide bonds. The van der Waals surface area contributed by atoms with Gasteiger partial charge < -0.3 is 5.32 Å². The number of hydrogen-bond acceptors (Lipinski definition) is 6. The average molecular weight is 421 g/mol. The Morgan fingerprint density at radius 2 is 2.07 bits per heavy atom. The highest BCUT2D eigenvalue weighted by Gasteiger charge is 2.33. The molecule has 1 N–H and O–H groups in total. The Morgan fingerprint density at radius 1 is 1.33 bits per heavy atom. The lowest BCUT2D eigenvalue weighted by Crippen LogP contribution is -2.43. The van der Waals surface area contributed by atoms with Crippen LogP contribution in [0, 0.1) is 0 Å². The second kappa shape index (κ2) is 8.20. The van der Waals surface area contributed by atoms with Crippen molar-refractivity contribution in [1.82, 2.24) is 10.2 Å². The van der Waals surface area contributed by atoms with Crippen LogP contribution in [0.25, 0.3) is 6.08 Å². The van der Waals surface area contributed by atoms with Gasteiger partial charge in [-0.2, -0.15) is 0 Å². The van der Waals surface area contributed by atoms with E-state index in [0.717, 1.165) is 22.7 Å². The lowest BCUT2D eigenvalue weighted by Gasteiger charge is -2.16.